The highest BCUT2D eigenvalue weighted by Gasteiger charge is 2.47. The second kappa shape index (κ2) is 4.57. The number of ether oxygens (including phenoxy) is 3. The van der Waals surface area contributed by atoms with Gasteiger partial charge in [0, 0.05) is 5.41 Å². The Hall–Kier alpha value is -0.380. The molecule has 0 N–H and O–H groups in total. The van der Waals surface area contributed by atoms with Crippen LogP contribution in [0.2, 0.25) is 0 Å². The van der Waals surface area contributed by atoms with Crippen LogP contribution in [0.1, 0.15) is 53.4 Å². The summed E-state index contributed by atoms with van der Waals surface area (Å²) in [6.45, 7) is 10.1. The van der Waals surface area contributed by atoms with Crippen molar-refractivity contribution in [3.05, 3.63) is 11.1 Å². The van der Waals surface area contributed by atoms with Gasteiger partial charge in [-0.1, -0.05) is 11.1 Å². The number of hydrogen-bond acceptors (Lipinski definition) is 3. The van der Waals surface area contributed by atoms with Crippen LogP contribution in [0.4, 0.5) is 0 Å². The van der Waals surface area contributed by atoms with Gasteiger partial charge in [-0.05, 0) is 53.4 Å². The van der Waals surface area contributed by atoms with Crippen LogP contribution in [0, 0.1) is 5.41 Å². The molecule has 0 saturated carbocycles. The zero-order chi connectivity index (χ0) is 13.7. The fourth-order valence-corrected chi connectivity index (χ4v) is 3.73. The smallest absolute Gasteiger partial charge is 0.163 e. The molecule has 0 aromatic carbocycles. The highest BCUT2D eigenvalue weighted by atomic mass is 16.7. The first-order valence-corrected chi connectivity index (χ1v) is 7.48. The summed E-state index contributed by atoms with van der Waals surface area (Å²) in [6, 6.07) is 0. The minimum absolute atomic E-state index is 0.113. The van der Waals surface area contributed by atoms with Gasteiger partial charge in [-0.3, -0.25) is 0 Å². The van der Waals surface area contributed by atoms with Gasteiger partial charge < -0.3 is 14.2 Å². The van der Waals surface area contributed by atoms with E-state index in [0.717, 1.165) is 13.0 Å². The predicted octanol–water partition coefficient (Wildman–Crippen LogP) is 3.43. The maximum atomic E-state index is 6.08. The van der Waals surface area contributed by atoms with Gasteiger partial charge in [0.2, 0.25) is 0 Å². The summed E-state index contributed by atoms with van der Waals surface area (Å²) >= 11 is 0. The lowest BCUT2D eigenvalue weighted by Crippen LogP contribution is -2.31. The quantitative estimate of drug-likeness (QED) is 0.680. The second-order valence-electron chi connectivity index (χ2n) is 7.16. The molecule has 3 atom stereocenters. The largest absolute Gasteiger partial charge is 0.375 e. The number of rotatable bonds is 1. The van der Waals surface area contributed by atoms with Gasteiger partial charge in [0.25, 0.3) is 0 Å². The summed E-state index contributed by atoms with van der Waals surface area (Å²) in [5, 5.41) is 0. The fraction of sp³-hybridized carbons (Fsp3) is 0.875. The van der Waals surface area contributed by atoms with Gasteiger partial charge >= 0.3 is 0 Å². The Labute approximate surface area is 116 Å². The monoisotopic (exact) mass is 266 g/mol. The molecule has 2 saturated heterocycles. The van der Waals surface area contributed by atoms with Gasteiger partial charge in [0.05, 0.1) is 19.3 Å². The summed E-state index contributed by atoms with van der Waals surface area (Å²) in [6.07, 6.45) is 5.15. The van der Waals surface area contributed by atoms with Crippen LogP contribution in [0.5, 0.6) is 0 Å². The number of hydrogen-bond donors (Lipinski definition) is 0. The molecule has 2 fully saturated rings. The lowest BCUT2D eigenvalue weighted by Gasteiger charge is -2.33. The summed E-state index contributed by atoms with van der Waals surface area (Å²) in [4.78, 5) is 0. The molecule has 3 aliphatic rings. The van der Waals surface area contributed by atoms with Crippen molar-refractivity contribution in [2.24, 2.45) is 5.41 Å². The highest BCUT2D eigenvalue weighted by Crippen LogP contribution is 2.48. The lowest BCUT2D eigenvalue weighted by molar-refractivity contribution is -0.151. The first-order valence-electron chi connectivity index (χ1n) is 7.48. The Morgan fingerprint density at radius 1 is 1.11 bits per heavy atom. The van der Waals surface area contributed by atoms with Gasteiger partial charge in [-0.2, -0.15) is 0 Å². The molecular weight excluding hydrogens is 240 g/mol. The molecule has 2 heterocycles. The molecular formula is C16H26O3. The molecule has 0 aromatic rings. The van der Waals surface area contributed by atoms with Crippen LogP contribution in [-0.2, 0) is 14.2 Å². The van der Waals surface area contributed by atoms with E-state index in [1.165, 1.54) is 19.3 Å². The van der Waals surface area contributed by atoms with Gasteiger partial charge in [0.1, 0.15) is 6.10 Å². The van der Waals surface area contributed by atoms with E-state index in [1.807, 2.05) is 13.8 Å². The third kappa shape index (κ3) is 2.61. The molecule has 0 bridgehead atoms. The van der Waals surface area contributed by atoms with E-state index in [-0.39, 0.29) is 12.2 Å². The molecule has 108 valence electrons. The molecule has 3 heteroatoms. The van der Waals surface area contributed by atoms with Gasteiger partial charge in [-0.15, -0.1) is 0 Å². The Morgan fingerprint density at radius 3 is 2.53 bits per heavy atom. The molecule has 19 heavy (non-hydrogen) atoms. The van der Waals surface area contributed by atoms with Gasteiger partial charge in [-0.25, -0.2) is 0 Å². The zero-order valence-electron chi connectivity index (χ0n) is 12.6. The molecule has 0 aromatic heterocycles. The van der Waals surface area contributed by atoms with Crippen molar-refractivity contribution in [3.8, 4) is 0 Å². The van der Waals surface area contributed by atoms with Crippen molar-refractivity contribution in [3.63, 3.8) is 0 Å². The molecule has 1 aliphatic carbocycles. The predicted molar refractivity (Wildman–Crippen MR) is 73.9 cm³/mol. The second-order valence-corrected chi connectivity index (χ2v) is 7.16. The summed E-state index contributed by atoms with van der Waals surface area (Å²) in [7, 11) is 0. The Bertz CT molecular complexity index is 399. The van der Waals surface area contributed by atoms with Crippen LogP contribution in [0.3, 0.4) is 0 Å². The molecule has 3 rings (SSSR count). The van der Waals surface area contributed by atoms with Crippen LogP contribution in [0.15, 0.2) is 11.1 Å². The maximum Gasteiger partial charge on any atom is 0.163 e. The normalized spacial score (nSPS) is 42.3. The zero-order valence-corrected chi connectivity index (χ0v) is 12.6. The molecule has 2 aliphatic heterocycles. The SMILES string of the molecule is CC1=C(C)C[C@@]2(CC1)CO[C@H]([C@H]1COC(C)(C)O1)C2. The summed E-state index contributed by atoms with van der Waals surface area (Å²) < 4.78 is 17.7. The van der Waals surface area contributed by atoms with Crippen molar-refractivity contribution in [1.29, 1.82) is 0 Å². The van der Waals surface area contributed by atoms with Crippen molar-refractivity contribution < 1.29 is 14.2 Å². The molecule has 0 unspecified atom stereocenters. The van der Waals surface area contributed by atoms with Crippen LogP contribution in [-0.4, -0.2) is 31.2 Å². The van der Waals surface area contributed by atoms with Crippen molar-refractivity contribution in [2.45, 2.75) is 71.4 Å². The molecule has 0 radical (unpaired) electrons. The average molecular weight is 266 g/mol. The van der Waals surface area contributed by atoms with E-state index in [4.69, 9.17) is 14.2 Å². The van der Waals surface area contributed by atoms with Crippen molar-refractivity contribution in [1.82, 2.24) is 0 Å². The third-order valence-corrected chi connectivity index (χ3v) is 5.08. The third-order valence-electron chi connectivity index (χ3n) is 5.08. The highest BCUT2D eigenvalue weighted by molar-refractivity contribution is 5.17. The molecule has 3 nitrogen and oxygen atoms in total. The summed E-state index contributed by atoms with van der Waals surface area (Å²) in [5.74, 6) is -0.442. The number of allylic oxidation sites excluding steroid dienone is 2. The first kappa shape index (κ1) is 13.6. The Balaban J connectivity index is 1.65. The minimum Gasteiger partial charge on any atom is -0.375 e. The van der Waals surface area contributed by atoms with Crippen LogP contribution >= 0.6 is 0 Å². The van der Waals surface area contributed by atoms with Crippen LogP contribution in [0.25, 0.3) is 0 Å². The molecule has 0 amide bonds. The van der Waals surface area contributed by atoms with E-state index in [2.05, 4.69) is 13.8 Å². The van der Waals surface area contributed by atoms with Gasteiger partial charge in [0.15, 0.2) is 5.79 Å². The van der Waals surface area contributed by atoms with E-state index < -0.39 is 5.79 Å². The van der Waals surface area contributed by atoms with E-state index in [1.54, 1.807) is 11.1 Å². The lowest BCUT2D eigenvalue weighted by atomic mass is 9.70. The standard InChI is InChI=1S/C16H26O3/c1-11-5-6-16(7-12(11)2)8-13(17-10-16)14-9-18-15(3,4)19-14/h13-14H,5-10H2,1-4H3/t13-,14+,16+/m0/s1. The van der Waals surface area contributed by atoms with E-state index in [9.17, 15) is 0 Å². The first-order chi connectivity index (χ1) is 8.89. The summed E-state index contributed by atoms with van der Waals surface area (Å²) in [5.41, 5.74) is 3.51. The van der Waals surface area contributed by atoms with Crippen molar-refractivity contribution in [2.75, 3.05) is 13.2 Å². The fourth-order valence-electron chi connectivity index (χ4n) is 3.73. The minimum atomic E-state index is -0.442. The van der Waals surface area contributed by atoms with E-state index in [0.29, 0.717) is 12.0 Å². The Morgan fingerprint density at radius 2 is 1.89 bits per heavy atom. The van der Waals surface area contributed by atoms with Crippen molar-refractivity contribution >= 4 is 0 Å². The average Bonchev–Trinajstić information content (AvgIpc) is 2.89. The Kier molecular flexibility index (Phi) is 3.27. The maximum absolute atomic E-state index is 6.08. The van der Waals surface area contributed by atoms with E-state index >= 15 is 0 Å². The topological polar surface area (TPSA) is 27.7 Å². The van der Waals surface area contributed by atoms with Crippen LogP contribution < -0.4 is 0 Å². The molecule has 1 spiro atoms.